The van der Waals surface area contributed by atoms with Crippen molar-refractivity contribution in [3.05, 3.63) is 40.5 Å². The second kappa shape index (κ2) is 4.71. The zero-order valence-corrected chi connectivity index (χ0v) is 10.3. The van der Waals surface area contributed by atoms with E-state index in [1.165, 1.54) is 5.56 Å². The van der Waals surface area contributed by atoms with Gasteiger partial charge in [-0.05, 0) is 30.3 Å². The third-order valence-electron chi connectivity index (χ3n) is 2.53. The molecule has 0 saturated carbocycles. The predicted octanol–water partition coefficient (Wildman–Crippen LogP) is 3.18. The maximum absolute atomic E-state index is 5.16. The van der Waals surface area contributed by atoms with E-state index in [1.54, 1.807) is 7.11 Å². The monoisotopic (exact) mass is 267 g/mol. The van der Waals surface area contributed by atoms with Crippen molar-refractivity contribution in [3.8, 4) is 5.75 Å². The van der Waals surface area contributed by atoms with Gasteiger partial charge in [0, 0.05) is 17.6 Å². The highest BCUT2D eigenvalue weighted by Gasteiger charge is 2.08. The zero-order valence-electron chi connectivity index (χ0n) is 8.74. The highest BCUT2D eigenvalue weighted by atomic mass is 79.9. The molecule has 0 unspecified atom stereocenters. The lowest BCUT2D eigenvalue weighted by Gasteiger charge is -2.16. The SMILES string of the molecule is COc1ccc(CN2C=CCC2)c(Br)c1. The van der Waals surface area contributed by atoms with Gasteiger partial charge in [0.1, 0.15) is 5.75 Å². The fourth-order valence-corrected chi connectivity index (χ4v) is 2.16. The van der Waals surface area contributed by atoms with E-state index < -0.39 is 0 Å². The van der Waals surface area contributed by atoms with Crippen molar-refractivity contribution in [2.24, 2.45) is 0 Å². The summed E-state index contributed by atoms with van der Waals surface area (Å²) >= 11 is 3.56. The molecule has 0 aromatic heterocycles. The van der Waals surface area contributed by atoms with Crippen LogP contribution in [-0.4, -0.2) is 18.6 Å². The first-order valence-corrected chi connectivity index (χ1v) is 5.82. The van der Waals surface area contributed by atoms with Crippen LogP contribution < -0.4 is 4.74 Å². The largest absolute Gasteiger partial charge is 0.497 e. The average Bonchev–Trinajstić information content (AvgIpc) is 2.74. The van der Waals surface area contributed by atoms with Crippen LogP contribution in [0.25, 0.3) is 0 Å². The number of methoxy groups -OCH3 is 1. The van der Waals surface area contributed by atoms with Crippen molar-refractivity contribution in [1.29, 1.82) is 0 Å². The third kappa shape index (κ3) is 2.53. The maximum Gasteiger partial charge on any atom is 0.120 e. The molecule has 3 heteroatoms. The molecule has 0 spiro atoms. The van der Waals surface area contributed by atoms with E-state index in [1.807, 2.05) is 12.1 Å². The first kappa shape index (κ1) is 10.6. The van der Waals surface area contributed by atoms with Gasteiger partial charge in [0.2, 0.25) is 0 Å². The Morgan fingerprint density at radius 2 is 2.33 bits per heavy atom. The number of hydrogen-bond acceptors (Lipinski definition) is 2. The third-order valence-corrected chi connectivity index (χ3v) is 3.27. The molecular weight excluding hydrogens is 254 g/mol. The molecule has 0 saturated heterocycles. The normalized spacial score (nSPS) is 14.7. The molecule has 0 fully saturated rings. The molecule has 1 aromatic carbocycles. The Balaban J connectivity index is 2.10. The molecule has 0 radical (unpaired) electrons. The predicted molar refractivity (Wildman–Crippen MR) is 64.9 cm³/mol. The molecule has 1 aliphatic rings. The van der Waals surface area contributed by atoms with Gasteiger partial charge in [0.25, 0.3) is 0 Å². The molecule has 1 aromatic rings. The Labute approximate surface area is 98.7 Å². The van der Waals surface area contributed by atoms with E-state index in [4.69, 9.17) is 4.74 Å². The first-order chi connectivity index (χ1) is 7.29. The van der Waals surface area contributed by atoms with E-state index in [-0.39, 0.29) is 0 Å². The zero-order chi connectivity index (χ0) is 10.7. The Morgan fingerprint density at radius 1 is 1.47 bits per heavy atom. The molecule has 80 valence electrons. The number of rotatable bonds is 3. The van der Waals surface area contributed by atoms with Crippen molar-refractivity contribution in [3.63, 3.8) is 0 Å². The molecule has 1 aliphatic heterocycles. The molecular formula is C12H14BrNO. The van der Waals surface area contributed by atoms with Crippen molar-refractivity contribution in [2.75, 3.05) is 13.7 Å². The van der Waals surface area contributed by atoms with Crippen LogP contribution in [0.2, 0.25) is 0 Å². The number of ether oxygens (including phenoxy) is 1. The second-order valence-electron chi connectivity index (χ2n) is 3.60. The minimum atomic E-state index is 0.891. The topological polar surface area (TPSA) is 12.5 Å². The fourth-order valence-electron chi connectivity index (χ4n) is 1.67. The molecule has 0 amide bonds. The van der Waals surface area contributed by atoms with E-state index >= 15 is 0 Å². The maximum atomic E-state index is 5.16. The Hall–Kier alpha value is -0.960. The summed E-state index contributed by atoms with van der Waals surface area (Å²) in [7, 11) is 1.69. The van der Waals surface area contributed by atoms with Gasteiger partial charge in [-0.3, -0.25) is 0 Å². The van der Waals surface area contributed by atoms with Crippen molar-refractivity contribution < 1.29 is 4.74 Å². The summed E-state index contributed by atoms with van der Waals surface area (Å²) in [6.07, 6.45) is 5.53. The Morgan fingerprint density at radius 3 is 2.93 bits per heavy atom. The summed E-state index contributed by atoms with van der Waals surface area (Å²) < 4.78 is 6.28. The van der Waals surface area contributed by atoms with Crippen LogP contribution in [0.1, 0.15) is 12.0 Å². The van der Waals surface area contributed by atoms with Gasteiger partial charge in [-0.1, -0.05) is 28.1 Å². The van der Waals surface area contributed by atoms with Crippen LogP contribution in [0, 0.1) is 0 Å². The summed E-state index contributed by atoms with van der Waals surface area (Å²) in [6, 6.07) is 6.12. The summed E-state index contributed by atoms with van der Waals surface area (Å²) in [4.78, 5) is 2.31. The lowest BCUT2D eigenvalue weighted by molar-refractivity contribution is 0.397. The van der Waals surface area contributed by atoms with Gasteiger partial charge in [-0.15, -0.1) is 0 Å². The second-order valence-corrected chi connectivity index (χ2v) is 4.46. The Kier molecular flexibility index (Phi) is 3.31. The van der Waals surface area contributed by atoms with Crippen molar-refractivity contribution >= 4 is 15.9 Å². The standard InChI is InChI=1S/C12H14BrNO/c1-15-11-5-4-10(12(13)8-11)9-14-6-2-3-7-14/h2,4-6,8H,3,7,9H2,1H3. The average molecular weight is 268 g/mol. The Bertz CT molecular complexity index is 376. The fraction of sp³-hybridized carbons (Fsp3) is 0.333. The molecule has 2 rings (SSSR count). The van der Waals surface area contributed by atoms with Crippen LogP contribution >= 0.6 is 15.9 Å². The van der Waals surface area contributed by atoms with E-state index in [9.17, 15) is 0 Å². The van der Waals surface area contributed by atoms with Crippen LogP contribution in [-0.2, 0) is 6.54 Å². The van der Waals surface area contributed by atoms with Crippen LogP contribution in [0.5, 0.6) is 5.75 Å². The highest BCUT2D eigenvalue weighted by molar-refractivity contribution is 9.10. The molecule has 0 aliphatic carbocycles. The quantitative estimate of drug-likeness (QED) is 0.834. The molecule has 0 N–H and O–H groups in total. The van der Waals surface area contributed by atoms with E-state index in [0.717, 1.165) is 29.7 Å². The smallest absolute Gasteiger partial charge is 0.120 e. The molecule has 15 heavy (non-hydrogen) atoms. The number of hydrogen-bond donors (Lipinski definition) is 0. The minimum absolute atomic E-state index is 0.891. The van der Waals surface area contributed by atoms with Crippen LogP contribution in [0.15, 0.2) is 34.9 Å². The van der Waals surface area contributed by atoms with Crippen LogP contribution in [0.3, 0.4) is 0 Å². The molecule has 1 heterocycles. The minimum Gasteiger partial charge on any atom is -0.497 e. The van der Waals surface area contributed by atoms with Gasteiger partial charge >= 0.3 is 0 Å². The summed E-state index contributed by atoms with van der Waals surface area (Å²) in [5, 5.41) is 0. The van der Waals surface area contributed by atoms with Gasteiger partial charge in [0.15, 0.2) is 0 Å². The van der Waals surface area contributed by atoms with Gasteiger partial charge in [-0.25, -0.2) is 0 Å². The molecule has 2 nitrogen and oxygen atoms in total. The summed E-state index contributed by atoms with van der Waals surface area (Å²) in [6.45, 7) is 2.08. The molecule has 0 bridgehead atoms. The highest BCUT2D eigenvalue weighted by Crippen LogP contribution is 2.24. The van der Waals surface area contributed by atoms with Crippen molar-refractivity contribution in [1.82, 2.24) is 4.90 Å². The van der Waals surface area contributed by atoms with E-state index in [0.29, 0.717) is 0 Å². The van der Waals surface area contributed by atoms with Crippen LogP contribution in [0.4, 0.5) is 0 Å². The molecule has 0 atom stereocenters. The van der Waals surface area contributed by atoms with Gasteiger partial charge in [-0.2, -0.15) is 0 Å². The lowest BCUT2D eigenvalue weighted by Crippen LogP contribution is -2.13. The summed E-state index contributed by atoms with van der Waals surface area (Å²) in [5.74, 6) is 0.891. The number of benzene rings is 1. The first-order valence-electron chi connectivity index (χ1n) is 5.03. The van der Waals surface area contributed by atoms with E-state index in [2.05, 4.69) is 39.2 Å². The number of halogens is 1. The van der Waals surface area contributed by atoms with Gasteiger partial charge < -0.3 is 9.64 Å². The lowest BCUT2D eigenvalue weighted by atomic mass is 10.2. The van der Waals surface area contributed by atoms with Crippen molar-refractivity contribution in [2.45, 2.75) is 13.0 Å². The number of nitrogens with zero attached hydrogens (tertiary/aromatic N) is 1. The van der Waals surface area contributed by atoms with Gasteiger partial charge in [0.05, 0.1) is 7.11 Å². The summed E-state index contributed by atoms with van der Waals surface area (Å²) in [5.41, 5.74) is 1.29.